The Hall–Kier alpha value is -3.12. The first-order valence-corrected chi connectivity index (χ1v) is 8.93. The number of ether oxygens (including phenoxy) is 2. The zero-order valence-corrected chi connectivity index (χ0v) is 15.1. The Balaban J connectivity index is 1.81. The maximum atomic E-state index is 13.2. The van der Waals surface area contributed by atoms with E-state index in [4.69, 9.17) is 9.47 Å². The average Bonchev–Trinajstić information content (AvgIpc) is 2.74. The number of aromatic nitrogens is 1. The molecule has 6 nitrogen and oxygen atoms in total. The number of rotatable bonds is 4. The monoisotopic (exact) mass is 363 g/mol. The summed E-state index contributed by atoms with van der Waals surface area (Å²) in [4.78, 5) is 19.5. The van der Waals surface area contributed by atoms with Gasteiger partial charge in [-0.1, -0.05) is 30.3 Å². The number of pyridine rings is 1. The Labute approximate surface area is 157 Å². The minimum atomic E-state index is -0.0473. The number of carbonyl (C=O) groups excluding carboxylic acids is 1. The molecule has 1 saturated heterocycles. The predicted octanol–water partition coefficient (Wildman–Crippen LogP) is 3.46. The van der Waals surface area contributed by atoms with Gasteiger partial charge in [-0.3, -0.25) is 9.78 Å². The molecule has 4 rings (SSSR count). The van der Waals surface area contributed by atoms with E-state index in [1.807, 2.05) is 53.4 Å². The standard InChI is InChI=1S/C21H21N3O3/c1-26-19-9-5-4-8-18(19)23-20-15-6-2-3-7-17(15)22-14-16(20)21(25)24-10-12-27-13-11-24/h2-9,14H,10-13H2,1H3,(H,22,23). The van der Waals surface area contributed by atoms with Gasteiger partial charge in [0.05, 0.1) is 42.8 Å². The zero-order chi connectivity index (χ0) is 18.6. The molecule has 1 N–H and O–H groups in total. The predicted molar refractivity (Wildman–Crippen MR) is 105 cm³/mol. The smallest absolute Gasteiger partial charge is 0.257 e. The highest BCUT2D eigenvalue weighted by atomic mass is 16.5. The number of nitrogens with one attached hydrogen (secondary N) is 1. The third-order valence-corrected chi connectivity index (χ3v) is 4.67. The lowest BCUT2D eigenvalue weighted by Gasteiger charge is -2.28. The first-order chi connectivity index (χ1) is 13.3. The summed E-state index contributed by atoms with van der Waals surface area (Å²) < 4.78 is 10.8. The molecule has 0 radical (unpaired) electrons. The first-order valence-electron chi connectivity index (χ1n) is 8.93. The van der Waals surface area contributed by atoms with Gasteiger partial charge < -0.3 is 19.7 Å². The topological polar surface area (TPSA) is 63.7 Å². The molecule has 1 fully saturated rings. The number of hydrogen-bond acceptors (Lipinski definition) is 5. The summed E-state index contributed by atoms with van der Waals surface area (Å²) in [6.07, 6.45) is 1.65. The van der Waals surface area contributed by atoms with Crippen molar-refractivity contribution in [2.24, 2.45) is 0 Å². The molecule has 1 aliphatic heterocycles. The van der Waals surface area contributed by atoms with Crippen LogP contribution in [0.25, 0.3) is 10.9 Å². The minimum Gasteiger partial charge on any atom is -0.495 e. The molecule has 0 aliphatic carbocycles. The molecule has 0 unspecified atom stereocenters. The van der Waals surface area contributed by atoms with E-state index in [2.05, 4.69) is 10.3 Å². The van der Waals surface area contributed by atoms with Gasteiger partial charge in [0.1, 0.15) is 5.75 Å². The van der Waals surface area contributed by atoms with Gasteiger partial charge in [0.25, 0.3) is 5.91 Å². The Morgan fingerprint density at radius 3 is 2.67 bits per heavy atom. The number of carbonyl (C=O) groups is 1. The molecule has 0 bridgehead atoms. The van der Waals surface area contributed by atoms with E-state index in [1.54, 1.807) is 13.3 Å². The van der Waals surface area contributed by atoms with Crippen LogP contribution < -0.4 is 10.1 Å². The second-order valence-electron chi connectivity index (χ2n) is 6.29. The summed E-state index contributed by atoms with van der Waals surface area (Å²) in [5.74, 6) is 0.664. The normalized spacial score (nSPS) is 14.2. The van der Waals surface area contributed by atoms with E-state index >= 15 is 0 Å². The van der Waals surface area contributed by atoms with Gasteiger partial charge in [-0.05, 0) is 18.2 Å². The Kier molecular flexibility index (Phi) is 4.89. The third-order valence-electron chi connectivity index (χ3n) is 4.67. The molecule has 138 valence electrons. The quantitative estimate of drug-likeness (QED) is 0.769. The van der Waals surface area contributed by atoms with Crippen LogP contribution >= 0.6 is 0 Å². The van der Waals surface area contributed by atoms with E-state index in [-0.39, 0.29) is 5.91 Å². The molecule has 2 heterocycles. The largest absolute Gasteiger partial charge is 0.495 e. The average molecular weight is 363 g/mol. The SMILES string of the molecule is COc1ccccc1Nc1c(C(=O)N2CCOCC2)cnc2ccccc12. The summed E-state index contributed by atoms with van der Waals surface area (Å²) in [7, 11) is 1.63. The number of benzene rings is 2. The van der Waals surface area contributed by atoms with Crippen LogP contribution in [0.2, 0.25) is 0 Å². The van der Waals surface area contributed by atoms with Crippen molar-refractivity contribution < 1.29 is 14.3 Å². The van der Waals surface area contributed by atoms with Crippen LogP contribution in [0.15, 0.2) is 54.7 Å². The van der Waals surface area contributed by atoms with Crippen LogP contribution in [0, 0.1) is 0 Å². The molecule has 6 heteroatoms. The van der Waals surface area contributed by atoms with Crippen LogP contribution in [-0.2, 0) is 4.74 Å². The second-order valence-corrected chi connectivity index (χ2v) is 6.29. The lowest BCUT2D eigenvalue weighted by molar-refractivity contribution is 0.0303. The first kappa shape index (κ1) is 17.3. The van der Waals surface area contributed by atoms with Crippen LogP contribution in [-0.4, -0.2) is 49.2 Å². The molecular formula is C21H21N3O3. The Morgan fingerprint density at radius 1 is 1.11 bits per heavy atom. The van der Waals surface area contributed by atoms with E-state index in [0.29, 0.717) is 37.6 Å². The number of amides is 1. The van der Waals surface area contributed by atoms with Crippen LogP contribution in [0.1, 0.15) is 10.4 Å². The van der Waals surface area contributed by atoms with Gasteiger partial charge >= 0.3 is 0 Å². The highest BCUT2D eigenvalue weighted by Crippen LogP contribution is 2.33. The number of anilines is 2. The van der Waals surface area contributed by atoms with Crippen molar-refractivity contribution in [3.05, 3.63) is 60.3 Å². The van der Waals surface area contributed by atoms with Gasteiger partial charge in [-0.25, -0.2) is 0 Å². The Bertz CT molecular complexity index is 968. The summed E-state index contributed by atoms with van der Waals surface area (Å²) in [6.45, 7) is 2.28. The molecule has 27 heavy (non-hydrogen) atoms. The molecule has 0 saturated carbocycles. The number of para-hydroxylation sites is 3. The number of hydrogen-bond donors (Lipinski definition) is 1. The second kappa shape index (κ2) is 7.63. The molecule has 3 aromatic rings. The lowest BCUT2D eigenvalue weighted by Crippen LogP contribution is -2.41. The zero-order valence-electron chi connectivity index (χ0n) is 15.1. The maximum Gasteiger partial charge on any atom is 0.257 e. The number of nitrogens with zero attached hydrogens (tertiary/aromatic N) is 2. The lowest BCUT2D eigenvalue weighted by atomic mass is 10.1. The van der Waals surface area contributed by atoms with E-state index < -0.39 is 0 Å². The van der Waals surface area contributed by atoms with Crippen molar-refractivity contribution in [2.45, 2.75) is 0 Å². The van der Waals surface area contributed by atoms with Crippen molar-refractivity contribution in [1.29, 1.82) is 0 Å². The fraction of sp³-hybridized carbons (Fsp3) is 0.238. The molecule has 2 aromatic carbocycles. The van der Waals surface area contributed by atoms with Gasteiger partial charge in [-0.2, -0.15) is 0 Å². The van der Waals surface area contributed by atoms with Crippen molar-refractivity contribution in [3.8, 4) is 5.75 Å². The van der Waals surface area contributed by atoms with Crippen molar-refractivity contribution in [1.82, 2.24) is 9.88 Å². The number of morpholine rings is 1. The van der Waals surface area contributed by atoms with E-state index in [9.17, 15) is 4.79 Å². The molecule has 1 amide bonds. The highest BCUT2D eigenvalue weighted by Gasteiger charge is 2.23. The fourth-order valence-electron chi connectivity index (χ4n) is 3.26. The van der Waals surface area contributed by atoms with Crippen molar-refractivity contribution >= 4 is 28.2 Å². The van der Waals surface area contributed by atoms with Crippen LogP contribution in [0.4, 0.5) is 11.4 Å². The minimum absolute atomic E-state index is 0.0473. The highest BCUT2D eigenvalue weighted by molar-refractivity contribution is 6.08. The fourth-order valence-corrected chi connectivity index (χ4v) is 3.26. The molecule has 1 aliphatic rings. The van der Waals surface area contributed by atoms with Crippen LogP contribution in [0.5, 0.6) is 5.75 Å². The van der Waals surface area contributed by atoms with Gasteiger partial charge in [-0.15, -0.1) is 0 Å². The van der Waals surface area contributed by atoms with Gasteiger partial charge in [0, 0.05) is 24.7 Å². The molecular weight excluding hydrogens is 342 g/mol. The maximum absolute atomic E-state index is 13.2. The number of methoxy groups -OCH3 is 1. The molecule has 1 aromatic heterocycles. The van der Waals surface area contributed by atoms with Gasteiger partial charge in [0.2, 0.25) is 0 Å². The number of fused-ring (bicyclic) bond motifs is 1. The van der Waals surface area contributed by atoms with Crippen molar-refractivity contribution in [3.63, 3.8) is 0 Å². The summed E-state index contributed by atoms with van der Waals surface area (Å²) >= 11 is 0. The van der Waals surface area contributed by atoms with Crippen molar-refractivity contribution in [2.75, 3.05) is 38.7 Å². The molecule has 0 atom stereocenters. The Morgan fingerprint density at radius 2 is 1.85 bits per heavy atom. The van der Waals surface area contributed by atoms with E-state index in [0.717, 1.165) is 22.3 Å². The van der Waals surface area contributed by atoms with E-state index in [1.165, 1.54) is 0 Å². The summed E-state index contributed by atoms with van der Waals surface area (Å²) in [5, 5.41) is 4.30. The van der Waals surface area contributed by atoms with Crippen LogP contribution in [0.3, 0.4) is 0 Å². The van der Waals surface area contributed by atoms with Gasteiger partial charge in [0.15, 0.2) is 0 Å². The third kappa shape index (κ3) is 3.44. The summed E-state index contributed by atoms with van der Waals surface area (Å²) in [6, 6.07) is 15.4. The molecule has 0 spiro atoms. The summed E-state index contributed by atoms with van der Waals surface area (Å²) in [5.41, 5.74) is 2.91.